The van der Waals surface area contributed by atoms with Gasteiger partial charge in [0.1, 0.15) is 13.2 Å². The van der Waals surface area contributed by atoms with Crippen molar-refractivity contribution < 1.29 is 28.6 Å². The first kappa shape index (κ1) is 61.4. The van der Waals surface area contributed by atoms with Crippen LogP contribution < -0.4 is 0 Å². The Morgan fingerprint density at radius 2 is 0.556 bits per heavy atom. The summed E-state index contributed by atoms with van der Waals surface area (Å²) in [5.74, 6) is 1.69. The second kappa shape index (κ2) is 48.3. The summed E-state index contributed by atoms with van der Waals surface area (Å²) in [6, 6.07) is 0. The lowest BCUT2D eigenvalue weighted by Crippen LogP contribution is -2.30. The molecule has 6 heteroatoms. The van der Waals surface area contributed by atoms with E-state index in [4.69, 9.17) is 14.2 Å². The minimum atomic E-state index is -0.763. The SMILES string of the molecule is CCC(C)CCCCCCCCCCCCCCCCC(=O)OC[C@@H](COC(=O)CCCCCCCCCCCC(C)C)OC(=O)CCCCCCCCCCCCCCC(C)C. The quantitative estimate of drug-likeness (QED) is 0.0344. The zero-order valence-corrected chi connectivity index (χ0v) is 43.4. The summed E-state index contributed by atoms with van der Waals surface area (Å²) in [6.45, 7) is 13.8. The highest BCUT2D eigenvalue weighted by Crippen LogP contribution is 2.19. The molecule has 0 aromatic carbocycles. The third-order valence-corrected chi connectivity index (χ3v) is 13.3. The smallest absolute Gasteiger partial charge is 0.306 e. The Labute approximate surface area is 393 Å². The number of carbonyl (C=O) groups excluding carboxylic acids is 3. The number of esters is 3. The lowest BCUT2D eigenvalue weighted by atomic mass is 9.99. The minimum Gasteiger partial charge on any atom is -0.462 e. The van der Waals surface area contributed by atoms with Gasteiger partial charge in [-0.3, -0.25) is 14.4 Å². The molecule has 0 fully saturated rings. The van der Waals surface area contributed by atoms with Crippen molar-refractivity contribution in [2.24, 2.45) is 17.8 Å². The molecule has 0 aromatic heterocycles. The highest BCUT2D eigenvalue weighted by Gasteiger charge is 2.19. The molecule has 0 aliphatic heterocycles. The molecule has 0 rings (SSSR count). The molecule has 63 heavy (non-hydrogen) atoms. The summed E-state index contributed by atoms with van der Waals surface area (Å²) in [6.07, 6.45) is 49.4. The van der Waals surface area contributed by atoms with Crippen LogP contribution in [0, 0.1) is 17.8 Å². The zero-order chi connectivity index (χ0) is 46.3. The number of unbranched alkanes of at least 4 members (excludes halogenated alkanes) is 32. The van der Waals surface area contributed by atoms with Gasteiger partial charge in [0.2, 0.25) is 0 Å². The lowest BCUT2D eigenvalue weighted by Gasteiger charge is -2.18. The molecule has 0 saturated carbocycles. The minimum absolute atomic E-state index is 0.0640. The predicted octanol–water partition coefficient (Wildman–Crippen LogP) is 18.3. The Kier molecular flexibility index (Phi) is 47.1. The van der Waals surface area contributed by atoms with Crippen LogP contribution in [0.2, 0.25) is 0 Å². The van der Waals surface area contributed by atoms with Crippen LogP contribution in [0.25, 0.3) is 0 Å². The van der Waals surface area contributed by atoms with Crippen LogP contribution in [-0.4, -0.2) is 37.2 Å². The van der Waals surface area contributed by atoms with Crippen LogP contribution in [-0.2, 0) is 28.6 Å². The van der Waals surface area contributed by atoms with E-state index in [-0.39, 0.29) is 31.1 Å². The number of rotatable bonds is 50. The zero-order valence-electron chi connectivity index (χ0n) is 43.4. The van der Waals surface area contributed by atoms with Crippen molar-refractivity contribution in [2.45, 2.75) is 317 Å². The fourth-order valence-corrected chi connectivity index (χ4v) is 8.61. The van der Waals surface area contributed by atoms with Gasteiger partial charge in [-0.2, -0.15) is 0 Å². The first-order chi connectivity index (χ1) is 30.6. The van der Waals surface area contributed by atoms with Gasteiger partial charge in [0, 0.05) is 19.3 Å². The second-order valence-electron chi connectivity index (χ2n) is 20.8. The van der Waals surface area contributed by atoms with E-state index in [1.165, 1.54) is 193 Å². The van der Waals surface area contributed by atoms with E-state index in [0.29, 0.717) is 19.3 Å². The Morgan fingerprint density at radius 1 is 0.317 bits per heavy atom. The summed E-state index contributed by atoms with van der Waals surface area (Å²) in [5.41, 5.74) is 0. The van der Waals surface area contributed by atoms with Gasteiger partial charge in [-0.15, -0.1) is 0 Å². The van der Waals surface area contributed by atoms with Gasteiger partial charge in [0.05, 0.1) is 0 Å². The number of hydrogen-bond donors (Lipinski definition) is 0. The second-order valence-corrected chi connectivity index (χ2v) is 20.8. The molecule has 0 aromatic rings. The van der Waals surface area contributed by atoms with E-state index in [9.17, 15) is 14.4 Å². The molecule has 0 heterocycles. The lowest BCUT2D eigenvalue weighted by molar-refractivity contribution is -0.167. The third kappa shape index (κ3) is 49.7. The highest BCUT2D eigenvalue weighted by atomic mass is 16.6. The van der Waals surface area contributed by atoms with Gasteiger partial charge in [-0.05, 0) is 37.0 Å². The average Bonchev–Trinajstić information content (AvgIpc) is 3.25. The van der Waals surface area contributed by atoms with E-state index >= 15 is 0 Å². The summed E-state index contributed by atoms with van der Waals surface area (Å²) in [4.78, 5) is 38.1. The predicted molar refractivity (Wildman–Crippen MR) is 270 cm³/mol. The molecular formula is C57H110O6. The van der Waals surface area contributed by atoms with Gasteiger partial charge >= 0.3 is 17.9 Å². The molecule has 0 amide bonds. The van der Waals surface area contributed by atoms with Crippen molar-refractivity contribution in [3.8, 4) is 0 Å². The summed E-state index contributed by atoms with van der Waals surface area (Å²) in [7, 11) is 0. The van der Waals surface area contributed by atoms with Gasteiger partial charge in [-0.25, -0.2) is 0 Å². The van der Waals surface area contributed by atoms with Crippen LogP contribution >= 0.6 is 0 Å². The molecule has 1 unspecified atom stereocenters. The Balaban J connectivity index is 4.29. The van der Waals surface area contributed by atoms with Crippen molar-refractivity contribution in [1.82, 2.24) is 0 Å². The van der Waals surface area contributed by atoms with Crippen LogP contribution in [0.1, 0.15) is 311 Å². The molecule has 0 N–H and O–H groups in total. The maximum Gasteiger partial charge on any atom is 0.306 e. The molecule has 0 spiro atoms. The van der Waals surface area contributed by atoms with E-state index in [1.807, 2.05) is 0 Å². The van der Waals surface area contributed by atoms with Crippen LogP contribution in [0.3, 0.4) is 0 Å². The number of carbonyl (C=O) groups is 3. The summed E-state index contributed by atoms with van der Waals surface area (Å²) in [5, 5.41) is 0. The van der Waals surface area contributed by atoms with Crippen LogP contribution in [0.4, 0.5) is 0 Å². The van der Waals surface area contributed by atoms with Gasteiger partial charge in [-0.1, -0.05) is 273 Å². The van der Waals surface area contributed by atoms with E-state index in [2.05, 4.69) is 41.5 Å². The third-order valence-electron chi connectivity index (χ3n) is 13.3. The van der Waals surface area contributed by atoms with E-state index in [0.717, 1.165) is 75.5 Å². The molecular weight excluding hydrogens is 781 g/mol. The van der Waals surface area contributed by atoms with Crippen molar-refractivity contribution in [3.05, 3.63) is 0 Å². The molecule has 0 aliphatic rings. The molecule has 0 bridgehead atoms. The van der Waals surface area contributed by atoms with Crippen molar-refractivity contribution >= 4 is 17.9 Å². The standard InChI is InChI=1S/C57H110O6/c1-7-53(6)45-39-33-27-21-15-10-8-9-11-16-22-28-34-40-46-55(58)61-49-54(50-62-56(59)47-41-35-29-24-18-20-26-32-38-44-52(4)5)63-57(60)48-42-36-30-23-17-13-12-14-19-25-31-37-43-51(2)3/h51-54H,7-50H2,1-6H3/t53?,54-/m0/s1. The van der Waals surface area contributed by atoms with Crippen molar-refractivity contribution in [1.29, 1.82) is 0 Å². The van der Waals surface area contributed by atoms with Gasteiger partial charge in [0.15, 0.2) is 6.10 Å². The van der Waals surface area contributed by atoms with Crippen LogP contribution in [0.5, 0.6) is 0 Å². The van der Waals surface area contributed by atoms with E-state index < -0.39 is 6.10 Å². The number of hydrogen-bond acceptors (Lipinski definition) is 6. The molecule has 374 valence electrons. The van der Waals surface area contributed by atoms with Crippen LogP contribution in [0.15, 0.2) is 0 Å². The Morgan fingerprint density at radius 3 is 0.825 bits per heavy atom. The first-order valence-electron chi connectivity index (χ1n) is 28.1. The molecule has 0 aliphatic carbocycles. The maximum absolute atomic E-state index is 12.8. The summed E-state index contributed by atoms with van der Waals surface area (Å²) < 4.78 is 16.9. The monoisotopic (exact) mass is 891 g/mol. The largest absolute Gasteiger partial charge is 0.462 e. The Bertz CT molecular complexity index is 978. The van der Waals surface area contributed by atoms with Gasteiger partial charge < -0.3 is 14.2 Å². The van der Waals surface area contributed by atoms with Crippen molar-refractivity contribution in [2.75, 3.05) is 13.2 Å². The first-order valence-corrected chi connectivity index (χ1v) is 28.1. The normalized spacial score (nSPS) is 12.6. The van der Waals surface area contributed by atoms with E-state index in [1.54, 1.807) is 0 Å². The van der Waals surface area contributed by atoms with Crippen molar-refractivity contribution in [3.63, 3.8) is 0 Å². The topological polar surface area (TPSA) is 78.9 Å². The fraction of sp³-hybridized carbons (Fsp3) is 0.947. The van der Waals surface area contributed by atoms with Gasteiger partial charge in [0.25, 0.3) is 0 Å². The highest BCUT2D eigenvalue weighted by molar-refractivity contribution is 5.71. The molecule has 6 nitrogen and oxygen atoms in total. The fourth-order valence-electron chi connectivity index (χ4n) is 8.61. The average molecular weight is 892 g/mol. The molecule has 0 radical (unpaired) electrons. The molecule has 2 atom stereocenters. The maximum atomic E-state index is 12.8. The summed E-state index contributed by atoms with van der Waals surface area (Å²) >= 11 is 0. The Hall–Kier alpha value is -1.59. The number of ether oxygens (including phenoxy) is 3. The molecule has 0 saturated heterocycles.